The van der Waals surface area contributed by atoms with Crippen molar-refractivity contribution in [3.05, 3.63) is 107 Å². The summed E-state index contributed by atoms with van der Waals surface area (Å²) in [4.78, 5) is 25.3. The van der Waals surface area contributed by atoms with Crippen LogP contribution in [0.25, 0.3) is 21.7 Å². The number of anilines is 1. The summed E-state index contributed by atoms with van der Waals surface area (Å²) >= 11 is 0. The lowest BCUT2D eigenvalue weighted by Crippen LogP contribution is -2.24. The standard InChI is InChI=1S/C26H22N4O2/c1-29-26(32)20-11-6-5-10-19(20)23(28-29)16-25(31)27-22-12-7-13-24-21(22)14-15-30(24)17-18-8-3-2-4-9-18/h2-15H,16-17H2,1H3,(H,27,31). The van der Waals surface area contributed by atoms with Crippen molar-refractivity contribution < 1.29 is 4.79 Å². The molecule has 0 bridgehead atoms. The Morgan fingerprint density at radius 2 is 1.62 bits per heavy atom. The molecule has 0 fully saturated rings. The molecule has 0 aliphatic heterocycles. The molecule has 0 spiro atoms. The molecule has 6 heteroatoms. The summed E-state index contributed by atoms with van der Waals surface area (Å²) in [5.74, 6) is -0.176. The van der Waals surface area contributed by atoms with E-state index in [1.165, 1.54) is 10.2 Å². The number of aryl methyl sites for hydroxylation is 1. The van der Waals surface area contributed by atoms with Crippen molar-refractivity contribution in [3.8, 4) is 0 Å². The Kier molecular flexibility index (Phi) is 5.03. The van der Waals surface area contributed by atoms with Crippen molar-refractivity contribution in [1.82, 2.24) is 14.3 Å². The van der Waals surface area contributed by atoms with Gasteiger partial charge in [-0.15, -0.1) is 0 Å². The highest BCUT2D eigenvalue weighted by Crippen LogP contribution is 2.26. The van der Waals surface area contributed by atoms with Gasteiger partial charge in [-0.2, -0.15) is 5.10 Å². The summed E-state index contributed by atoms with van der Waals surface area (Å²) < 4.78 is 3.46. The Bertz CT molecular complexity index is 1500. The minimum Gasteiger partial charge on any atom is -0.343 e. The van der Waals surface area contributed by atoms with E-state index in [0.717, 1.165) is 23.1 Å². The molecular weight excluding hydrogens is 400 g/mol. The number of carbonyl (C=O) groups excluding carboxylic acids is 1. The first-order valence-electron chi connectivity index (χ1n) is 10.5. The van der Waals surface area contributed by atoms with Crippen LogP contribution < -0.4 is 10.9 Å². The van der Waals surface area contributed by atoms with Crippen LogP contribution in [-0.4, -0.2) is 20.3 Å². The number of nitrogens with zero attached hydrogens (tertiary/aromatic N) is 3. The lowest BCUT2D eigenvalue weighted by Gasteiger charge is -2.10. The van der Waals surface area contributed by atoms with Crippen molar-refractivity contribution in [1.29, 1.82) is 0 Å². The Balaban J connectivity index is 1.42. The predicted octanol–water partition coefficient (Wildman–Crippen LogP) is 4.12. The number of aromatic nitrogens is 3. The van der Waals surface area contributed by atoms with Gasteiger partial charge < -0.3 is 9.88 Å². The van der Waals surface area contributed by atoms with E-state index in [1.807, 2.05) is 60.8 Å². The van der Waals surface area contributed by atoms with Crippen molar-refractivity contribution in [3.63, 3.8) is 0 Å². The quantitative estimate of drug-likeness (QED) is 0.463. The molecule has 1 N–H and O–H groups in total. The number of nitrogens with one attached hydrogen (secondary N) is 1. The van der Waals surface area contributed by atoms with Crippen molar-refractivity contribution in [2.75, 3.05) is 5.32 Å². The van der Waals surface area contributed by atoms with Gasteiger partial charge in [-0.3, -0.25) is 9.59 Å². The van der Waals surface area contributed by atoms with E-state index in [-0.39, 0.29) is 17.9 Å². The van der Waals surface area contributed by atoms with Crippen LogP contribution in [0.4, 0.5) is 5.69 Å². The molecule has 0 radical (unpaired) electrons. The molecular formula is C26H22N4O2. The number of hydrogen-bond acceptors (Lipinski definition) is 3. The summed E-state index contributed by atoms with van der Waals surface area (Å²) in [7, 11) is 1.60. The second kappa shape index (κ2) is 8.15. The minimum atomic E-state index is -0.176. The maximum Gasteiger partial charge on any atom is 0.274 e. The van der Waals surface area contributed by atoms with Crippen LogP contribution in [0.1, 0.15) is 11.3 Å². The Morgan fingerprint density at radius 3 is 2.44 bits per heavy atom. The fraction of sp³-hybridized carbons (Fsp3) is 0.115. The topological polar surface area (TPSA) is 68.9 Å². The van der Waals surface area contributed by atoms with Gasteiger partial charge in [0.1, 0.15) is 0 Å². The fourth-order valence-electron chi connectivity index (χ4n) is 4.10. The maximum atomic E-state index is 12.9. The second-order valence-electron chi connectivity index (χ2n) is 7.81. The smallest absolute Gasteiger partial charge is 0.274 e. The first kappa shape index (κ1) is 19.8. The Labute approximate surface area is 184 Å². The van der Waals surface area contributed by atoms with Gasteiger partial charge >= 0.3 is 0 Å². The summed E-state index contributed by atoms with van der Waals surface area (Å²) in [6, 6.07) is 25.4. The second-order valence-corrected chi connectivity index (χ2v) is 7.81. The van der Waals surface area contributed by atoms with Crippen LogP contribution in [0.5, 0.6) is 0 Å². The zero-order valence-electron chi connectivity index (χ0n) is 17.7. The maximum absolute atomic E-state index is 12.9. The van der Waals surface area contributed by atoms with Crippen LogP contribution in [0.15, 0.2) is 89.9 Å². The third-order valence-corrected chi connectivity index (χ3v) is 5.64. The normalized spacial score (nSPS) is 11.2. The molecule has 6 nitrogen and oxygen atoms in total. The highest BCUT2D eigenvalue weighted by atomic mass is 16.1. The van der Waals surface area contributed by atoms with E-state index in [1.54, 1.807) is 13.1 Å². The molecule has 0 atom stereocenters. The molecule has 158 valence electrons. The first-order chi connectivity index (χ1) is 15.6. The van der Waals surface area contributed by atoms with E-state index < -0.39 is 0 Å². The van der Waals surface area contributed by atoms with Gasteiger partial charge in [0.25, 0.3) is 5.56 Å². The van der Waals surface area contributed by atoms with E-state index in [9.17, 15) is 9.59 Å². The van der Waals surface area contributed by atoms with Gasteiger partial charge in [-0.1, -0.05) is 54.6 Å². The van der Waals surface area contributed by atoms with Crippen molar-refractivity contribution in [2.45, 2.75) is 13.0 Å². The van der Waals surface area contributed by atoms with Gasteiger partial charge in [-0.25, -0.2) is 4.68 Å². The number of hydrogen-bond donors (Lipinski definition) is 1. The van der Waals surface area contributed by atoms with Crippen LogP contribution in [-0.2, 0) is 24.8 Å². The number of benzene rings is 3. The third-order valence-electron chi connectivity index (χ3n) is 5.64. The van der Waals surface area contributed by atoms with Gasteiger partial charge in [0.15, 0.2) is 0 Å². The van der Waals surface area contributed by atoms with E-state index in [4.69, 9.17) is 0 Å². The van der Waals surface area contributed by atoms with Crippen molar-refractivity contribution in [2.24, 2.45) is 7.05 Å². The van der Waals surface area contributed by atoms with Gasteiger partial charge in [0, 0.05) is 30.6 Å². The molecule has 5 rings (SSSR count). The summed E-state index contributed by atoms with van der Waals surface area (Å²) in [5.41, 5.74) is 3.43. The Hall–Kier alpha value is -4.19. The number of rotatable bonds is 5. The number of amides is 1. The van der Waals surface area contributed by atoms with E-state index >= 15 is 0 Å². The predicted molar refractivity (Wildman–Crippen MR) is 127 cm³/mol. The Morgan fingerprint density at radius 1 is 0.875 bits per heavy atom. The van der Waals surface area contributed by atoms with E-state index in [0.29, 0.717) is 16.5 Å². The van der Waals surface area contributed by atoms with Gasteiger partial charge in [0.2, 0.25) is 5.91 Å². The SMILES string of the molecule is Cn1nc(CC(=O)Nc2cccc3c2ccn3Cc2ccccc2)c2ccccc2c1=O. The minimum absolute atomic E-state index is 0.0791. The zero-order chi connectivity index (χ0) is 22.1. The summed E-state index contributed by atoms with van der Waals surface area (Å²) in [6.45, 7) is 0.760. The molecule has 0 saturated carbocycles. The summed E-state index contributed by atoms with van der Waals surface area (Å²) in [6.07, 6.45) is 2.12. The molecule has 0 aliphatic rings. The molecule has 3 aromatic carbocycles. The molecule has 5 aromatic rings. The molecule has 2 aromatic heterocycles. The third kappa shape index (κ3) is 3.67. The average Bonchev–Trinajstić information content (AvgIpc) is 3.22. The molecule has 1 amide bonds. The first-order valence-corrected chi connectivity index (χ1v) is 10.5. The lowest BCUT2D eigenvalue weighted by atomic mass is 10.1. The summed E-state index contributed by atoms with van der Waals surface area (Å²) in [5, 5.41) is 9.62. The van der Waals surface area contributed by atoms with Crippen LogP contribution in [0.2, 0.25) is 0 Å². The molecule has 32 heavy (non-hydrogen) atoms. The average molecular weight is 422 g/mol. The molecule has 0 unspecified atom stereocenters. The van der Waals surface area contributed by atoms with Crippen LogP contribution >= 0.6 is 0 Å². The fourth-order valence-corrected chi connectivity index (χ4v) is 4.10. The molecule has 0 aliphatic carbocycles. The highest BCUT2D eigenvalue weighted by molar-refractivity contribution is 6.03. The monoisotopic (exact) mass is 422 g/mol. The van der Waals surface area contributed by atoms with E-state index in [2.05, 4.69) is 33.2 Å². The number of fused-ring (bicyclic) bond motifs is 2. The van der Waals surface area contributed by atoms with Crippen molar-refractivity contribution >= 4 is 33.3 Å². The van der Waals surface area contributed by atoms with Crippen LogP contribution in [0.3, 0.4) is 0 Å². The largest absolute Gasteiger partial charge is 0.343 e. The zero-order valence-corrected chi connectivity index (χ0v) is 17.7. The van der Waals surface area contributed by atoms with Gasteiger partial charge in [0.05, 0.1) is 28.7 Å². The highest BCUT2D eigenvalue weighted by Gasteiger charge is 2.14. The molecule has 0 saturated heterocycles. The van der Waals surface area contributed by atoms with Gasteiger partial charge in [-0.05, 0) is 29.8 Å². The number of carbonyl (C=O) groups is 1. The van der Waals surface area contributed by atoms with Crippen LogP contribution in [0, 0.1) is 0 Å². The molecule has 2 heterocycles. The lowest BCUT2D eigenvalue weighted by molar-refractivity contribution is -0.115.